The number of nitrogens with two attached hydrogens (primary N) is 1. The van der Waals surface area contributed by atoms with Crippen molar-refractivity contribution in [2.75, 3.05) is 5.73 Å². The van der Waals surface area contributed by atoms with E-state index in [1.807, 2.05) is 0 Å². The molecule has 2 rings (SSSR count). The Balaban J connectivity index is 2.83. The number of fused-ring (bicyclic) bond motifs is 1. The van der Waals surface area contributed by atoms with Crippen LogP contribution >= 0.6 is 22.7 Å². The molecule has 14 heavy (non-hydrogen) atoms. The van der Waals surface area contributed by atoms with Crippen LogP contribution in [0.3, 0.4) is 0 Å². The molecule has 0 spiro atoms. The SMILES string of the molecule is CC(C)c1scc2sc(N)c(C#N)c12. The smallest absolute Gasteiger partial charge is 0.105 e. The number of hydrogen-bond donors (Lipinski definition) is 1. The second kappa shape index (κ2) is 3.26. The fourth-order valence-electron chi connectivity index (χ4n) is 1.51. The van der Waals surface area contributed by atoms with Gasteiger partial charge in [0.05, 0.1) is 5.56 Å². The van der Waals surface area contributed by atoms with E-state index >= 15 is 0 Å². The van der Waals surface area contributed by atoms with Crippen molar-refractivity contribution in [3.8, 4) is 6.07 Å². The minimum Gasteiger partial charge on any atom is -0.389 e. The molecule has 0 saturated heterocycles. The van der Waals surface area contributed by atoms with Crippen LogP contribution in [-0.2, 0) is 0 Å². The Morgan fingerprint density at radius 3 is 2.79 bits per heavy atom. The molecule has 0 atom stereocenters. The molecule has 0 radical (unpaired) electrons. The summed E-state index contributed by atoms with van der Waals surface area (Å²) in [5.74, 6) is 0.457. The number of rotatable bonds is 1. The van der Waals surface area contributed by atoms with Gasteiger partial charge in [0.25, 0.3) is 0 Å². The van der Waals surface area contributed by atoms with Crippen LogP contribution in [0.1, 0.15) is 30.2 Å². The van der Waals surface area contributed by atoms with Gasteiger partial charge in [-0.3, -0.25) is 0 Å². The Labute approximate surface area is 90.6 Å². The summed E-state index contributed by atoms with van der Waals surface area (Å²) in [5, 5.41) is 12.8. The Hall–Kier alpha value is -1.05. The van der Waals surface area contributed by atoms with Crippen LogP contribution in [0.5, 0.6) is 0 Å². The van der Waals surface area contributed by atoms with Gasteiger partial charge in [0.2, 0.25) is 0 Å². The molecule has 0 aliphatic heterocycles. The molecule has 0 aromatic carbocycles. The quantitative estimate of drug-likeness (QED) is 0.802. The zero-order valence-electron chi connectivity index (χ0n) is 8.00. The lowest BCUT2D eigenvalue weighted by Crippen LogP contribution is -1.86. The molecule has 2 aromatic heterocycles. The third-order valence-electron chi connectivity index (χ3n) is 2.14. The van der Waals surface area contributed by atoms with Crippen molar-refractivity contribution in [1.29, 1.82) is 5.26 Å². The Morgan fingerprint density at radius 2 is 2.21 bits per heavy atom. The van der Waals surface area contributed by atoms with Crippen LogP contribution in [0.15, 0.2) is 5.38 Å². The first-order valence-electron chi connectivity index (χ1n) is 4.34. The van der Waals surface area contributed by atoms with Crippen molar-refractivity contribution >= 4 is 37.8 Å². The maximum absolute atomic E-state index is 9.01. The van der Waals surface area contributed by atoms with Gasteiger partial charge in [-0.25, -0.2) is 0 Å². The molecule has 2 nitrogen and oxygen atoms in total. The number of nitrogens with zero attached hydrogens (tertiary/aromatic N) is 1. The van der Waals surface area contributed by atoms with Crippen LogP contribution in [0.2, 0.25) is 0 Å². The van der Waals surface area contributed by atoms with Crippen molar-refractivity contribution in [3.05, 3.63) is 15.8 Å². The zero-order valence-corrected chi connectivity index (χ0v) is 9.63. The second-order valence-electron chi connectivity index (χ2n) is 3.45. The third-order valence-corrected chi connectivity index (χ3v) is 4.54. The minimum absolute atomic E-state index is 0.457. The largest absolute Gasteiger partial charge is 0.389 e. The van der Waals surface area contributed by atoms with Gasteiger partial charge in [-0.2, -0.15) is 5.26 Å². The summed E-state index contributed by atoms with van der Waals surface area (Å²) in [4.78, 5) is 1.27. The first kappa shape index (κ1) is 9.50. The Bertz CT molecular complexity index is 514. The van der Waals surface area contributed by atoms with E-state index in [1.54, 1.807) is 11.3 Å². The highest BCUT2D eigenvalue weighted by atomic mass is 32.1. The van der Waals surface area contributed by atoms with Gasteiger partial charge in [0.1, 0.15) is 11.1 Å². The Kier molecular flexibility index (Phi) is 2.22. The summed E-state index contributed by atoms with van der Waals surface area (Å²) in [7, 11) is 0. The van der Waals surface area contributed by atoms with E-state index in [4.69, 9.17) is 11.0 Å². The van der Waals surface area contributed by atoms with Gasteiger partial charge in [-0.05, 0) is 5.92 Å². The lowest BCUT2D eigenvalue weighted by atomic mass is 10.1. The van der Waals surface area contributed by atoms with Crippen LogP contribution in [0, 0.1) is 11.3 Å². The van der Waals surface area contributed by atoms with E-state index < -0.39 is 0 Å². The third kappa shape index (κ3) is 1.21. The van der Waals surface area contributed by atoms with E-state index in [0.717, 1.165) is 10.1 Å². The first-order chi connectivity index (χ1) is 6.65. The summed E-state index contributed by atoms with van der Waals surface area (Å²) in [6, 6.07) is 2.19. The predicted octanol–water partition coefficient (Wildman–Crippen LogP) is 3.54. The van der Waals surface area contributed by atoms with Gasteiger partial charge < -0.3 is 5.73 Å². The van der Waals surface area contributed by atoms with Crippen molar-refractivity contribution in [2.24, 2.45) is 0 Å². The first-order valence-corrected chi connectivity index (χ1v) is 6.04. The van der Waals surface area contributed by atoms with E-state index in [0.29, 0.717) is 16.5 Å². The van der Waals surface area contributed by atoms with E-state index in [1.165, 1.54) is 16.2 Å². The van der Waals surface area contributed by atoms with E-state index in [-0.39, 0.29) is 0 Å². The van der Waals surface area contributed by atoms with Crippen LogP contribution in [0.25, 0.3) is 10.1 Å². The second-order valence-corrected chi connectivity index (χ2v) is 5.44. The molecule has 0 amide bonds. The number of anilines is 1. The zero-order chi connectivity index (χ0) is 10.3. The number of thiophene rings is 2. The Morgan fingerprint density at radius 1 is 1.50 bits per heavy atom. The van der Waals surface area contributed by atoms with Gasteiger partial charge in [0.15, 0.2) is 0 Å². The van der Waals surface area contributed by atoms with Crippen molar-refractivity contribution in [1.82, 2.24) is 0 Å². The van der Waals surface area contributed by atoms with Gasteiger partial charge in [-0.15, -0.1) is 22.7 Å². The molecule has 2 N–H and O–H groups in total. The highest BCUT2D eigenvalue weighted by Gasteiger charge is 2.16. The topological polar surface area (TPSA) is 49.8 Å². The minimum atomic E-state index is 0.457. The highest BCUT2D eigenvalue weighted by molar-refractivity contribution is 7.26. The standard InChI is InChI=1S/C10H10N2S2/c1-5(2)9-8-6(3-11)10(12)14-7(8)4-13-9/h4-5H,12H2,1-2H3. The predicted molar refractivity (Wildman–Crippen MR) is 62.9 cm³/mol. The van der Waals surface area contributed by atoms with Crippen LogP contribution < -0.4 is 5.73 Å². The number of hydrogen-bond acceptors (Lipinski definition) is 4. The van der Waals surface area contributed by atoms with Crippen molar-refractivity contribution in [2.45, 2.75) is 19.8 Å². The summed E-state index contributed by atoms with van der Waals surface area (Å²) in [5.41, 5.74) is 6.44. The average Bonchev–Trinajstić information content (AvgIpc) is 2.61. The molecular weight excluding hydrogens is 212 g/mol. The fourth-order valence-corrected chi connectivity index (χ4v) is 3.66. The van der Waals surface area contributed by atoms with Gasteiger partial charge >= 0.3 is 0 Å². The fraction of sp³-hybridized carbons (Fsp3) is 0.300. The lowest BCUT2D eigenvalue weighted by Gasteiger charge is -2.00. The number of nitriles is 1. The maximum atomic E-state index is 9.01. The van der Waals surface area contributed by atoms with E-state index in [9.17, 15) is 0 Å². The van der Waals surface area contributed by atoms with Crippen molar-refractivity contribution in [3.63, 3.8) is 0 Å². The molecule has 0 aliphatic carbocycles. The molecular formula is C10H10N2S2. The summed E-state index contributed by atoms with van der Waals surface area (Å²) in [6.07, 6.45) is 0. The lowest BCUT2D eigenvalue weighted by molar-refractivity contribution is 0.897. The van der Waals surface area contributed by atoms with E-state index in [2.05, 4.69) is 25.3 Å². The molecule has 0 fully saturated rings. The molecule has 72 valence electrons. The molecule has 0 bridgehead atoms. The van der Waals surface area contributed by atoms with Gasteiger partial charge in [0, 0.05) is 20.3 Å². The molecule has 4 heteroatoms. The molecule has 0 saturated carbocycles. The highest BCUT2D eigenvalue weighted by Crippen LogP contribution is 2.41. The summed E-state index contributed by atoms with van der Waals surface area (Å²) in [6.45, 7) is 4.28. The number of nitrogen functional groups attached to an aromatic ring is 1. The monoisotopic (exact) mass is 222 g/mol. The van der Waals surface area contributed by atoms with Gasteiger partial charge in [-0.1, -0.05) is 13.8 Å². The van der Waals surface area contributed by atoms with Crippen molar-refractivity contribution < 1.29 is 0 Å². The molecule has 0 aliphatic rings. The molecule has 2 heterocycles. The van der Waals surface area contributed by atoms with Crippen LogP contribution in [-0.4, -0.2) is 0 Å². The van der Waals surface area contributed by atoms with Crippen LogP contribution in [0.4, 0.5) is 5.00 Å². The molecule has 2 aromatic rings. The average molecular weight is 222 g/mol. The summed E-state index contributed by atoms with van der Waals surface area (Å²) < 4.78 is 1.15. The maximum Gasteiger partial charge on any atom is 0.105 e. The molecule has 0 unspecified atom stereocenters. The summed E-state index contributed by atoms with van der Waals surface area (Å²) >= 11 is 3.23. The normalized spacial score (nSPS) is 11.0.